The molecule has 5 nitrogen and oxygen atoms in total. The highest BCUT2D eigenvalue weighted by atomic mass is 16.5. The number of piperazine rings is 1. The van der Waals surface area contributed by atoms with Crippen LogP contribution in [0.3, 0.4) is 0 Å². The first kappa shape index (κ1) is 19.1. The number of nitrogens with zero attached hydrogens (tertiary/aromatic N) is 2. The van der Waals surface area contributed by atoms with Crippen LogP contribution in [0.5, 0.6) is 0 Å². The first-order chi connectivity index (χ1) is 13.2. The Bertz CT molecular complexity index is 796. The molecular formula is C22H27N3O2. The number of hydroxylamine groups is 1. The first-order valence-electron chi connectivity index (χ1n) is 9.46. The molecule has 2 aromatic rings. The van der Waals surface area contributed by atoms with Gasteiger partial charge in [-0.3, -0.25) is 14.9 Å². The molecule has 2 aromatic carbocycles. The SMILES string of the molecule is CCc1cccc(CN2CCN(c3ccccc3/C=C/C(=O)NO)CC2)c1. The highest BCUT2D eigenvalue weighted by Crippen LogP contribution is 2.23. The van der Waals surface area contributed by atoms with E-state index < -0.39 is 5.91 Å². The number of benzene rings is 2. The van der Waals surface area contributed by atoms with Gasteiger partial charge in [0.05, 0.1) is 0 Å². The van der Waals surface area contributed by atoms with Crippen LogP contribution in [0.25, 0.3) is 6.08 Å². The Hall–Kier alpha value is -2.63. The summed E-state index contributed by atoms with van der Waals surface area (Å²) < 4.78 is 0. The van der Waals surface area contributed by atoms with Crippen molar-refractivity contribution in [2.45, 2.75) is 19.9 Å². The average molecular weight is 365 g/mol. The van der Waals surface area contributed by atoms with Gasteiger partial charge in [-0.05, 0) is 35.3 Å². The van der Waals surface area contributed by atoms with Gasteiger partial charge in [0.2, 0.25) is 0 Å². The molecule has 1 fully saturated rings. The number of hydrogen-bond donors (Lipinski definition) is 2. The molecule has 0 bridgehead atoms. The van der Waals surface area contributed by atoms with Crippen molar-refractivity contribution in [3.63, 3.8) is 0 Å². The maximum Gasteiger partial charge on any atom is 0.267 e. The van der Waals surface area contributed by atoms with E-state index >= 15 is 0 Å². The number of amides is 1. The molecule has 0 unspecified atom stereocenters. The molecule has 0 radical (unpaired) electrons. The summed E-state index contributed by atoms with van der Waals surface area (Å²) in [5, 5.41) is 8.65. The van der Waals surface area contributed by atoms with Crippen LogP contribution in [0.4, 0.5) is 5.69 Å². The minimum absolute atomic E-state index is 0.524. The van der Waals surface area contributed by atoms with E-state index in [9.17, 15) is 4.79 Å². The molecule has 1 aliphatic heterocycles. The van der Waals surface area contributed by atoms with E-state index in [4.69, 9.17) is 5.21 Å². The molecule has 0 saturated carbocycles. The number of rotatable bonds is 6. The number of carbonyl (C=O) groups is 1. The lowest BCUT2D eigenvalue weighted by atomic mass is 10.1. The van der Waals surface area contributed by atoms with Crippen LogP contribution in [0.2, 0.25) is 0 Å². The first-order valence-corrected chi connectivity index (χ1v) is 9.46. The highest BCUT2D eigenvalue weighted by Gasteiger charge is 2.18. The van der Waals surface area contributed by atoms with Crippen LogP contribution >= 0.6 is 0 Å². The summed E-state index contributed by atoms with van der Waals surface area (Å²) in [6.45, 7) is 7.08. The van der Waals surface area contributed by atoms with Crippen molar-refractivity contribution in [1.29, 1.82) is 0 Å². The van der Waals surface area contributed by atoms with E-state index in [-0.39, 0.29) is 0 Å². The summed E-state index contributed by atoms with van der Waals surface area (Å²) >= 11 is 0. The van der Waals surface area contributed by atoms with Crippen molar-refractivity contribution in [2.75, 3.05) is 31.1 Å². The molecule has 1 heterocycles. The van der Waals surface area contributed by atoms with Gasteiger partial charge in [-0.2, -0.15) is 0 Å². The monoisotopic (exact) mass is 365 g/mol. The maximum atomic E-state index is 11.3. The number of nitrogens with one attached hydrogen (secondary N) is 1. The number of carbonyl (C=O) groups excluding carboxylic acids is 1. The number of para-hydroxylation sites is 1. The Morgan fingerprint density at radius 1 is 1.07 bits per heavy atom. The van der Waals surface area contributed by atoms with Crippen LogP contribution in [-0.4, -0.2) is 42.2 Å². The standard InChI is InChI=1S/C22H27N3O2/c1-2-18-6-5-7-19(16-18)17-24-12-14-25(15-13-24)21-9-4-3-8-20(21)10-11-22(26)23-27/h3-11,16,27H,2,12-15,17H2,1H3,(H,23,26)/b11-10+. The molecular weight excluding hydrogens is 338 g/mol. The van der Waals surface area contributed by atoms with Gasteiger partial charge in [0.1, 0.15) is 0 Å². The van der Waals surface area contributed by atoms with Crippen LogP contribution in [0, 0.1) is 0 Å². The Morgan fingerprint density at radius 2 is 1.81 bits per heavy atom. The van der Waals surface area contributed by atoms with Crippen molar-refractivity contribution in [1.82, 2.24) is 10.4 Å². The summed E-state index contributed by atoms with van der Waals surface area (Å²) in [6, 6.07) is 16.9. The van der Waals surface area contributed by atoms with Crippen LogP contribution in [-0.2, 0) is 17.8 Å². The normalized spacial score (nSPS) is 15.3. The Morgan fingerprint density at radius 3 is 2.56 bits per heavy atom. The zero-order valence-electron chi connectivity index (χ0n) is 15.8. The minimum Gasteiger partial charge on any atom is -0.368 e. The van der Waals surface area contributed by atoms with E-state index in [1.807, 2.05) is 18.2 Å². The fourth-order valence-corrected chi connectivity index (χ4v) is 3.47. The van der Waals surface area contributed by atoms with E-state index in [1.165, 1.54) is 17.2 Å². The lowest BCUT2D eigenvalue weighted by Crippen LogP contribution is -2.46. The molecule has 3 rings (SSSR count). The third-order valence-electron chi connectivity index (χ3n) is 4.98. The number of hydrogen-bond acceptors (Lipinski definition) is 4. The lowest BCUT2D eigenvalue weighted by molar-refractivity contribution is -0.124. The second kappa shape index (κ2) is 9.35. The molecule has 0 aliphatic carbocycles. The highest BCUT2D eigenvalue weighted by molar-refractivity contribution is 5.91. The van der Waals surface area contributed by atoms with Gasteiger partial charge < -0.3 is 4.90 Å². The molecule has 5 heteroatoms. The molecule has 2 N–H and O–H groups in total. The van der Waals surface area contributed by atoms with E-state index in [0.717, 1.165) is 50.4 Å². The molecule has 0 atom stereocenters. The zero-order chi connectivity index (χ0) is 19.1. The minimum atomic E-state index is -0.524. The van der Waals surface area contributed by atoms with Crippen molar-refractivity contribution in [3.05, 3.63) is 71.3 Å². The second-order valence-electron chi connectivity index (χ2n) is 6.80. The summed E-state index contributed by atoms with van der Waals surface area (Å²) in [5.74, 6) is -0.524. The largest absolute Gasteiger partial charge is 0.368 e. The summed E-state index contributed by atoms with van der Waals surface area (Å²) in [6.07, 6.45) is 4.15. The van der Waals surface area contributed by atoms with Gasteiger partial charge in [-0.25, -0.2) is 5.48 Å². The molecule has 1 amide bonds. The Labute approximate surface area is 160 Å². The molecule has 0 spiro atoms. The van der Waals surface area contributed by atoms with Crippen molar-refractivity contribution < 1.29 is 10.0 Å². The van der Waals surface area contributed by atoms with Crippen LogP contribution in [0.15, 0.2) is 54.6 Å². The van der Waals surface area contributed by atoms with Crippen molar-refractivity contribution in [3.8, 4) is 0 Å². The summed E-state index contributed by atoms with van der Waals surface area (Å²) in [5.41, 5.74) is 6.48. The van der Waals surface area contributed by atoms with Gasteiger partial charge in [0, 0.05) is 44.5 Å². The predicted molar refractivity (Wildman–Crippen MR) is 109 cm³/mol. The fraction of sp³-hybridized carbons (Fsp3) is 0.318. The van der Waals surface area contributed by atoms with E-state index in [1.54, 1.807) is 11.6 Å². The smallest absolute Gasteiger partial charge is 0.267 e. The lowest BCUT2D eigenvalue weighted by Gasteiger charge is -2.37. The zero-order valence-corrected chi connectivity index (χ0v) is 15.8. The molecule has 142 valence electrons. The summed E-state index contributed by atoms with van der Waals surface area (Å²) in [7, 11) is 0. The Balaban J connectivity index is 1.62. The molecule has 1 aliphatic rings. The topological polar surface area (TPSA) is 55.8 Å². The third kappa shape index (κ3) is 5.18. The van der Waals surface area contributed by atoms with E-state index in [0.29, 0.717) is 0 Å². The second-order valence-corrected chi connectivity index (χ2v) is 6.80. The third-order valence-corrected chi connectivity index (χ3v) is 4.98. The quantitative estimate of drug-likeness (QED) is 0.469. The van der Waals surface area contributed by atoms with Gasteiger partial charge >= 0.3 is 0 Å². The van der Waals surface area contributed by atoms with Crippen LogP contribution in [0.1, 0.15) is 23.6 Å². The van der Waals surface area contributed by atoms with Gasteiger partial charge in [-0.1, -0.05) is 49.4 Å². The van der Waals surface area contributed by atoms with Crippen LogP contribution < -0.4 is 10.4 Å². The van der Waals surface area contributed by atoms with Crippen molar-refractivity contribution in [2.24, 2.45) is 0 Å². The van der Waals surface area contributed by atoms with Crippen molar-refractivity contribution >= 4 is 17.7 Å². The molecule has 0 aromatic heterocycles. The predicted octanol–water partition coefficient (Wildman–Crippen LogP) is 3.09. The fourth-order valence-electron chi connectivity index (χ4n) is 3.47. The summed E-state index contributed by atoms with van der Waals surface area (Å²) in [4.78, 5) is 16.1. The molecule has 1 saturated heterocycles. The average Bonchev–Trinajstić information content (AvgIpc) is 2.73. The number of aryl methyl sites for hydroxylation is 1. The van der Waals surface area contributed by atoms with E-state index in [2.05, 4.69) is 47.1 Å². The van der Waals surface area contributed by atoms with Gasteiger partial charge in [-0.15, -0.1) is 0 Å². The molecule has 27 heavy (non-hydrogen) atoms. The number of anilines is 1. The van der Waals surface area contributed by atoms with Gasteiger partial charge in [0.25, 0.3) is 5.91 Å². The Kier molecular flexibility index (Phi) is 6.63. The maximum absolute atomic E-state index is 11.3. The van der Waals surface area contributed by atoms with Gasteiger partial charge in [0.15, 0.2) is 0 Å².